The second-order valence-corrected chi connectivity index (χ2v) is 5.06. The molecule has 0 radical (unpaired) electrons. The molecule has 5 unspecified atom stereocenters. The number of carbonyl (C=O) groups is 1. The van der Waals surface area contributed by atoms with E-state index < -0.39 is 12.1 Å². The number of rotatable bonds is 4. The average Bonchev–Trinajstić information content (AvgIpc) is 2.94. The third-order valence-electron chi connectivity index (χ3n) is 3.93. The van der Waals surface area contributed by atoms with E-state index in [0.717, 1.165) is 0 Å². The van der Waals surface area contributed by atoms with Gasteiger partial charge in [-0.25, -0.2) is 0 Å². The van der Waals surface area contributed by atoms with Crippen LogP contribution in [0, 0.1) is 16.0 Å². The van der Waals surface area contributed by atoms with Crippen LogP contribution in [0.1, 0.15) is 47.0 Å². The van der Waals surface area contributed by atoms with Crippen LogP contribution in [0.3, 0.4) is 0 Å². The van der Waals surface area contributed by atoms with E-state index in [-0.39, 0.29) is 42.2 Å². The van der Waals surface area contributed by atoms with Crippen molar-refractivity contribution in [1.29, 1.82) is 0 Å². The van der Waals surface area contributed by atoms with E-state index in [2.05, 4.69) is 0 Å². The number of nitro groups is 1. The van der Waals surface area contributed by atoms with Gasteiger partial charge in [0.15, 0.2) is 0 Å². The van der Waals surface area contributed by atoms with Gasteiger partial charge >= 0.3 is 5.97 Å². The van der Waals surface area contributed by atoms with Crippen LogP contribution in [0.5, 0.6) is 0 Å². The summed E-state index contributed by atoms with van der Waals surface area (Å²) in [7, 11) is 0. The summed E-state index contributed by atoms with van der Waals surface area (Å²) in [5.74, 6) is -0.659. The Morgan fingerprint density at radius 3 is 2.43 bits per heavy atom. The lowest BCUT2D eigenvalue weighted by molar-refractivity contribution is -0.540. The minimum absolute atomic E-state index is 0.121. The minimum atomic E-state index is -0.748. The van der Waals surface area contributed by atoms with E-state index in [9.17, 15) is 14.9 Å². The molecule has 2 aliphatic rings. The Bertz CT molecular complexity index is 361. The second-order valence-electron chi connectivity index (χ2n) is 5.06. The molecule has 1 saturated heterocycles. The van der Waals surface area contributed by atoms with E-state index in [1.165, 1.54) is 0 Å². The highest BCUT2D eigenvalue weighted by molar-refractivity contribution is 5.69. The first-order chi connectivity index (χ1) is 10.0. The molecule has 7 heteroatoms. The summed E-state index contributed by atoms with van der Waals surface area (Å²) in [4.78, 5) is 22.2. The number of carbonyl (C=O) groups excluding carboxylic acids is 1. The fourth-order valence-electron chi connectivity index (χ4n) is 2.83. The van der Waals surface area contributed by atoms with E-state index >= 15 is 0 Å². The molecule has 1 saturated carbocycles. The van der Waals surface area contributed by atoms with Gasteiger partial charge in [-0.3, -0.25) is 14.9 Å². The normalized spacial score (nSPS) is 32.4. The molecule has 1 aliphatic carbocycles. The Hall–Kier alpha value is -1.21. The fourth-order valence-corrected chi connectivity index (χ4v) is 2.83. The van der Waals surface area contributed by atoms with Gasteiger partial charge in [0.1, 0.15) is 12.9 Å². The third kappa shape index (κ3) is 4.38. The molecule has 0 aromatic carbocycles. The molecule has 122 valence electrons. The molecule has 2 fully saturated rings. The van der Waals surface area contributed by atoms with Crippen LogP contribution in [0.4, 0.5) is 0 Å². The van der Waals surface area contributed by atoms with Crippen molar-refractivity contribution >= 4 is 5.97 Å². The largest absolute Gasteiger partial charge is 0.462 e. The van der Waals surface area contributed by atoms with Gasteiger partial charge in [0.2, 0.25) is 6.04 Å². The maximum atomic E-state index is 11.3. The predicted molar refractivity (Wildman–Crippen MR) is 75.3 cm³/mol. The van der Waals surface area contributed by atoms with Crippen molar-refractivity contribution in [2.24, 2.45) is 5.92 Å². The lowest BCUT2D eigenvalue weighted by atomic mass is 9.78. The molecule has 0 spiro atoms. The van der Waals surface area contributed by atoms with Crippen LogP contribution in [-0.2, 0) is 19.0 Å². The molecule has 5 atom stereocenters. The van der Waals surface area contributed by atoms with Crippen molar-refractivity contribution in [3.63, 3.8) is 0 Å². The first-order valence-electron chi connectivity index (χ1n) is 7.59. The molecule has 0 aromatic rings. The number of hydrogen-bond donors (Lipinski definition) is 0. The number of esters is 1. The smallest absolute Gasteiger partial charge is 0.305 e. The molecule has 0 aromatic heterocycles. The van der Waals surface area contributed by atoms with Gasteiger partial charge in [-0.05, 0) is 13.3 Å². The Kier molecular flexibility index (Phi) is 7.04. The summed E-state index contributed by atoms with van der Waals surface area (Å²) in [5.41, 5.74) is 0. The summed E-state index contributed by atoms with van der Waals surface area (Å²) in [6, 6.07) is -0.748. The molecular formula is C14H25NO6. The van der Waals surface area contributed by atoms with Gasteiger partial charge in [0.25, 0.3) is 0 Å². The lowest BCUT2D eigenvalue weighted by Gasteiger charge is -2.34. The van der Waals surface area contributed by atoms with Crippen LogP contribution < -0.4 is 0 Å². The van der Waals surface area contributed by atoms with Gasteiger partial charge in [-0.15, -0.1) is 0 Å². The summed E-state index contributed by atoms with van der Waals surface area (Å²) in [5, 5.41) is 11.2. The molecule has 0 N–H and O–H groups in total. The zero-order chi connectivity index (χ0) is 16.0. The predicted octanol–water partition coefficient (Wildman–Crippen LogP) is 2.15. The summed E-state index contributed by atoms with van der Waals surface area (Å²) in [6.07, 6.45) is 0.272. The van der Waals surface area contributed by atoms with Crippen LogP contribution in [0.15, 0.2) is 0 Å². The van der Waals surface area contributed by atoms with Crippen molar-refractivity contribution in [3.05, 3.63) is 10.1 Å². The van der Waals surface area contributed by atoms with Crippen molar-refractivity contribution < 1.29 is 23.9 Å². The molecule has 1 aliphatic heterocycles. The molecule has 21 heavy (non-hydrogen) atoms. The molecule has 7 nitrogen and oxygen atoms in total. The summed E-state index contributed by atoms with van der Waals surface area (Å²) in [6.45, 7) is 7.60. The van der Waals surface area contributed by atoms with E-state index in [4.69, 9.17) is 14.2 Å². The van der Waals surface area contributed by atoms with E-state index in [0.29, 0.717) is 12.8 Å². The van der Waals surface area contributed by atoms with E-state index in [1.807, 2.05) is 13.8 Å². The Labute approximate surface area is 125 Å². The molecule has 0 amide bonds. The van der Waals surface area contributed by atoms with Crippen LogP contribution in [0.2, 0.25) is 0 Å². The zero-order valence-electron chi connectivity index (χ0n) is 13.1. The summed E-state index contributed by atoms with van der Waals surface area (Å²) >= 11 is 0. The van der Waals surface area contributed by atoms with Crippen LogP contribution in [0.25, 0.3) is 0 Å². The standard InChI is InChI=1S/C12H19NO6.C2H6/c1-3-12(14)19-7(2)8-4-10-11(18-6-17-10)5-9(8)13(15)16;1-2/h7-11H,3-6H2,1-2H3;1-2H3. The lowest BCUT2D eigenvalue weighted by Crippen LogP contribution is -2.48. The number of ether oxygens (including phenoxy) is 3. The number of hydrogen-bond acceptors (Lipinski definition) is 6. The van der Waals surface area contributed by atoms with Crippen LogP contribution in [-0.4, -0.2) is 42.0 Å². The summed E-state index contributed by atoms with van der Waals surface area (Å²) < 4.78 is 16.0. The zero-order valence-corrected chi connectivity index (χ0v) is 13.1. The van der Waals surface area contributed by atoms with Gasteiger partial charge in [0.05, 0.1) is 18.1 Å². The Morgan fingerprint density at radius 2 is 1.90 bits per heavy atom. The second kappa shape index (κ2) is 8.29. The SMILES string of the molecule is CC.CCC(=O)OC(C)C1CC2OCOC2CC1[N+](=O)[O-]. The number of fused-ring (bicyclic) bond motifs is 1. The molecule has 0 bridgehead atoms. The first kappa shape index (κ1) is 17.8. The maximum absolute atomic E-state index is 11.3. The number of nitrogens with zero attached hydrogens (tertiary/aromatic N) is 1. The Morgan fingerprint density at radius 1 is 1.33 bits per heavy atom. The van der Waals surface area contributed by atoms with Crippen molar-refractivity contribution in [1.82, 2.24) is 0 Å². The molecular weight excluding hydrogens is 278 g/mol. The third-order valence-corrected chi connectivity index (χ3v) is 3.93. The van der Waals surface area contributed by atoms with Crippen molar-refractivity contribution in [2.45, 2.75) is 71.3 Å². The topological polar surface area (TPSA) is 87.9 Å². The average molecular weight is 303 g/mol. The Balaban J connectivity index is 0.00000106. The van der Waals surface area contributed by atoms with Crippen LogP contribution >= 0.6 is 0 Å². The van der Waals surface area contributed by atoms with Gasteiger partial charge in [-0.2, -0.15) is 0 Å². The highest BCUT2D eigenvalue weighted by Gasteiger charge is 2.49. The van der Waals surface area contributed by atoms with Crippen molar-refractivity contribution in [2.75, 3.05) is 6.79 Å². The first-order valence-corrected chi connectivity index (χ1v) is 7.59. The van der Waals surface area contributed by atoms with E-state index in [1.54, 1.807) is 13.8 Å². The maximum Gasteiger partial charge on any atom is 0.305 e. The monoisotopic (exact) mass is 303 g/mol. The van der Waals surface area contributed by atoms with Crippen molar-refractivity contribution in [3.8, 4) is 0 Å². The molecule has 1 heterocycles. The van der Waals surface area contributed by atoms with Gasteiger partial charge < -0.3 is 14.2 Å². The fraction of sp³-hybridized carbons (Fsp3) is 0.929. The quantitative estimate of drug-likeness (QED) is 0.449. The highest BCUT2D eigenvalue weighted by Crippen LogP contribution is 2.36. The molecule has 2 rings (SSSR count). The van der Waals surface area contributed by atoms with Gasteiger partial charge in [0, 0.05) is 17.8 Å². The van der Waals surface area contributed by atoms with Gasteiger partial charge in [-0.1, -0.05) is 20.8 Å². The highest BCUT2D eigenvalue weighted by atomic mass is 16.7. The minimum Gasteiger partial charge on any atom is -0.462 e.